The van der Waals surface area contributed by atoms with Gasteiger partial charge in [0.25, 0.3) is 0 Å². The highest BCUT2D eigenvalue weighted by molar-refractivity contribution is 5.99. The van der Waals surface area contributed by atoms with Crippen LogP contribution in [0, 0.1) is 18.6 Å². The summed E-state index contributed by atoms with van der Waals surface area (Å²) in [4.78, 5) is 11.7. The van der Waals surface area contributed by atoms with Crippen LogP contribution in [-0.4, -0.2) is 51.7 Å². The molecule has 172 valence electrons. The van der Waals surface area contributed by atoms with Gasteiger partial charge in [-0.2, -0.15) is 0 Å². The monoisotopic (exact) mass is 454 g/mol. The molecule has 1 unspecified atom stereocenters. The van der Waals surface area contributed by atoms with Crippen LogP contribution in [-0.2, 0) is 10.4 Å². The summed E-state index contributed by atoms with van der Waals surface area (Å²) < 4.78 is 35.4. The fraction of sp³-hybridized carbons (Fsp3) is 0.333. The Morgan fingerprint density at radius 3 is 2.67 bits per heavy atom. The van der Waals surface area contributed by atoms with E-state index in [0.29, 0.717) is 31.0 Å². The molecule has 2 atom stereocenters. The predicted molar refractivity (Wildman–Crippen MR) is 117 cm³/mol. The largest absolute Gasteiger partial charge is 0.495 e. The number of ether oxygens (including phenoxy) is 1. The number of amidine groups is 1. The van der Waals surface area contributed by atoms with Gasteiger partial charge in [0.2, 0.25) is 0 Å². The van der Waals surface area contributed by atoms with Crippen molar-refractivity contribution in [3.63, 3.8) is 0 Å². The van der Waals surface area contributed by atoms with Crippen LogP contribution in [0.4, 0.5) is 8.78 Å². The van der Waals surface area contributed by atoms with Crippen LogP contribution in [0.1, 0.15) is 29.7 Å². The molecule has 3 aromatic rings. The number of methoxy groups -OCH3 is 1. The quantitative estimate of drug-likeness (QED) is 0.653. The molecule has 33 heavy (non-hydrogen) atoms. The first-order valence-corrected chi connectivity index (χ1v) is 10.7. The maximum absolute atomic E-state index is 13.9. The van der Waals surface area contributed by atoms with Crippen LogP contribution in [0.2, 0.25) is 0 Å². The lowest BCUT2D eigenvalue weighted by atomic mass is 9.78. The number of nitrogens with zero attached hydrogens (tertiary/aromatic N) is 4. The highest BCUT2D eigenvalue weighted by Gasteiger charge is 2.48. The molecule has 2 aromatic carbocycles. The smallest absolute Gasteiger partial charge is 0.176 e. The second-order valence-electron chi connectivity index (χ2n) is 8.41. The third kappa shape index (κ3) is 3.72. The average molecular weight is 454 g/mol. The lowest BCUT2D eigenvalue weighted by Gasteiger charge is -2.49. The SMILES string of the molecule is COc1cc(C2=NOC[C@@H]3N2CCCC3(O)c2cc(F)cc(F)c2)ccc1-n1cnc(C)c1. The molecular weight excluding hydrogens is 430 g/mol. The van der Waals surface area contributed by atoms with Gasteiger partial charge in [0.15, 0.2) is 5.84 Å². The molecule has 3 heterocycles. The summed E-state index contributed by atoms with van der Waals surface area (Å²) in [5.74, 6) is -0.297. The third-order valence-corrected chi connectivity index (χ3v) is 6.33. The van der Waals surface area contributed by atoms with Gasteiger partial charge in [-0.05, 0) is 55.7 Å². The van der Waals surface area contributed by atoms with Gasteiger partial charge in [-0.3, -0.25) is 0 Å². The lowest BCUT2D eigenvalue weighted by molar-refractivity contribution is -0.104. The molecule has 5 rings (SSSR count). The number of benzene rings is 2. The summed E-state index contributed by atoms with van der Waals surface area (Å²) in [6.45, 7) is 2.63. The van der Waals surface area contributed by atoms with Crippen molar-refractivity contribution in [2.75, 3.05) is 20.3 Å². The molecule has 1 saturated heterocycles. The number of oxime groups is 1. The molecule has 0 aliphatic carbocycles. The van der Waals surface area contributed by atoms with Crippen molar-refractivity contribution in [2.24, 2.45) is 5.16 Å². The van der Waals surface area contributed by atoms with Gasteiger partial charge >= 0.3 is 0 Å². The molecule has 0 spiro atoms. The molecule has 7 nitrogen and oxygen atoms in total. The third-order valence-electron chi connectivity index (χ3n) is 6.33. The number of imidazole rings is 1. The summed E-state index contributed by atoms with van der Waals surface area (Å²) in [7, 11) is 1.59. The fourth-order valence-corrected chi connectivity index (χ4v) is 4.74. The number of rotatable bonds is 4. The Bertz CT molecular complexity index is 1210. The zero-order chi connectivity index (χ0) is 23.2. The van der Waals surface area contributed by atoms with Crippen molar-refractivity contribution in [3.8, 4) is 11.4 Å². The molecule has 2 aliphatic heterocycles. The van der Waals surface area contributed by atoms with Gasteiger partial charge in [-0.25, -0.2) is 13.8 Å². The zero-order valence-corrected chi connectivity index (χ0v) is 18.3. The summed E-state index contributed by atoms with van der Waals surface area (Å²) in [5, 5.41) is 15.9. The summed E-state index contributed by atoms with van der Waals surface area (Å²) in [6, 6.07) is 8.26. The molecule has 0 radical (unpaired) electrons. The van der Waals surface area contributed by atoms with Crippen LogP contribution < -0.4 is 4.74 Å². The molecular formula is C24H24F2N4O3. The number of aryl methyl sites for hydroxylation is 1. The maximum Gasteiger partial charge on any atom is 0.176 e. The average Bonchev–Trinajstić information content (AvgIpc) is 3.24. The summed E-state index contributed by atoms with van der Waals surface area (Å²) in [6.07, 6.45) is 4.59. The Labute approximate surface area is 189 Å². The van der Waals surface area contributed by atoms with E-state index < -0.39 is 23.3 Å². The van der Waals surface area contributed by atoms with Crippen LogP contribution in [0.15, 0.2) is 54.1 Å². The van der Waals surface area contributed by atoms with Crippen molar-refractivity contribution in [3.05, 3.63) is 77.4 Å². The Kier molecular flexibility index (Phi) is 5.28. The number of halogens is 2. The molecule has 0 amide bonds. The molecule has 0 bridgehead atoms. The highest BCUT2D eigenvalue weighted by Crippen LogP contribution is 2.40. The van der Waals surface area contributed by atoms with Crippen LogP contribution in [0.25, 0.3) is 5.69 Å². The van der Waals surface area contributed by atoms with Crippen LogP contribution >= 0.6 is 0 Å². The van der Waals surface area contributed by atoms with E-state index in [-0.39, 0.29) is 12.2 Å². The van der Waals surface area contributed by atoms with E-state index in [0.717, 1.165) is 23.0 Å². The molecule has 1 aromatic heterocycles. The first-order chi connectivity index (χ1) is 15.9. The standard InChI is InChI=1S/C24H24F2N4O3/c1-15-12-29(14-27-15)20-5-4-16(8-21(20)32-2)23-28-33-13-22-24(31,6-3-7-30(22)23)17-9-18(25)11-19(26)10-17/h4-5,8-12,14,22,31H,3,6-7,13H2,1-2H3/t22-,24?/m0/s1. The Balaban J connectivity index is 1.51. The van der Waals surface area contributed by atoms with Gasteiger partial charge in [0, 0.05) is 24.4 Å². The van der Waals surface area contributed by atoms with E-state index in [4.69, 9.17) is 9.57 Å². The second-order valence-corrected chi connectivity index (χ2v) is 8.41. The molecule has 1 N–H and O–H groups in total. The zero-order valence-electron chi connectivity index (χ0n) is 18.3. The number of piperidine rings is 1. The second kappa shape index (κ2) is 8.15. The van der Waals surface area contributed by atoms with Gasteiger partial charge in [-0.1, -0.05) is 5.16 Å². The van der Waals surface area contributed by atoms with E-state index in [1.54, 1.807) is 13.4 Å². The number of hydrogen-bond acceptors (Lipinski definition) is 6. The number of hydrogen-bond donors (Lipinski definition) is 1. The molecule has 9 heteroatoms. The number of aromatic nitrogens is 2. The maximum atomic E-state index is 13.9. The van der Waals surface area contributed by atoms with Gasteiger partial charge < -0.3 is 24.1 Å². The van der Waals surface area contributed by atoms with Gasteiger partial charge in [0.1, 0.15) is 35.6 Å². The summed E-state index contributed by atoms with van der Waals surface area (Å²) in [5.41, 5.74) is 1.16. The molecule has 0 saturated carbocycles. The Morgan fingerprint density at radius 1 is 1.18 bits per heavy atom. The number of fused-ring (bicyclic) bond motifs is 1. The number of aliphatic hydroxyl groups is 1. The van der Waals surface area contributed by atoms with E-state index in [9.17, 15) is 13.9 Å². The van der Waals surface area contributed by atoms with E-state index in [2.05, 4.69) is 10.1 Å². The van der Waals surface area contributed by atoms with E-state index >= 15 is 0 Å². The minimum absolute atomic E-state index is 0.0989. The lowest BCUT2D eigenvalue weighted by Crippen LogP contribution is -2.60. The van der Waals surface area contributed by atoms with Gasteiger partial charge in [-0.15, -0.1) is 0 Å². The van der Waals surface area contributed by atoms with Crippen molar-refractivity contribution >= 4 is 5.84 Å². The molecule has 2 aliphatic rings. The first kappa shape index (κ1) is 21.4. The van der Waals surface area contributed by atoms with E-state index in [1.165, 1.54) is 12.1 Å². The minimum Gasteiger partial charge on any atom is -0.495 e. The van der Waals surface area contributed by atoms with Crippen LogP contribution in [0.5, 0.6) is 5.75 Å². The van der Waals surface area contributed by atoms with Crippen molar-refractivity contribution < 1.29 is 23.5 Å². The Hall–Kier alpha value is -3.46. The van der Waals surface area contributed by atoms with Crippen molar-refractivity contribution in [1.82, 2.24) is 14.5 Å². The van der Waals surface area contributed by atoms with Crippen molar-refractivity contribution in [2.45, 2.75) is 31.4 Å². The minimum atomic E-state index is -1.49. The van der Waals surface area contributed by atoms with Crippen LogP contribution in [0.3, 0.4) is 0 Å². The fourth-order valence-electron chi connectivity index (χ4n) is 4.74. The Morgan fingerprint density at radius 2 is 1.97 bits per heavy atom. The predicted octanol–water partition coefficient (Wildman–Crippen LogP) is 3.51. The highest BCUT2D eigenvalue weighted by atomic mass is 19.1. The first-order valence-electron chi connectivity index (χ1n) is 10.7. The van der Waals surface area contributed by atoms with Crippen molar-refractivity contribution in [1.29, 1.82) is 0 Å². The molecule has 1 fully saturated rings. The summed E-state index contributed by atoms with van der Waals surface area (Å²) >= 11 is 0. The van der Waals surface area contributed by atoms with Gasteiger partial charge in [0.05, 0.1) is 24.8 Å². The van der Waals surface area contributed by atoms with E-state index in [1.807, 2.05) is 40.8 Å². The normalized spacial score (nSPS) is 22.4. The topological polar surface area (TPSA) is 72.1 Å².